The molecule has 2 aromatic carbocycles. The van der Waals surface area contributed by atoms with Crippen LogP contribution in [-0.4, -0.2) is 102 Å². The minimum Gasteiger partial charge on any atom is -0.493 e. The number of hydrogen-bond donors (Lipinski definition) is 0. The lowest BCUT2D eigenvalue weighted by Crippen LogP contribution is -2.47. The fourth-order valence-corrected chi connectivity index (χ4v) is 7.30. The van der Waals surface area contributed by atoms with Crippen LogP contribution in [0, 0.1) is 0 Å². The average molecular weight is 673 g/mol. The van der Waals surface area contributed by atoms with Crippen molar-refractivity contribution in [2.45, 2.75) is 50.0 Å². The smallest absolute Gasteiger partial charge is 0.416 e. The Morgan fingerprint density at radius 1 is 0.978 bits per heavy atom. The predicted octanol–water partition coefficient (Wildman–Crippen LogP) is 4.72. The lowest BCUT2D eigenvalue weighted by atomic mass is 9.90. The molecule has 0 spiro atoms. The molecule has 0 N–H and O–H groups in total. The number of alkyl halides is 3. The summed E-state index contributed by atoms with van der Waals surface area (Å²) >= 11 is 0. The number of hydrogen-bond acceptors (Lipinski definition) is 9. The Hall–Kier alpha value is -3.76. The highest BCUT2D eigenvalue weighted by Crippen LogP contribution is 2.46. The zero-order valence-corrected chi connectivity index (χ0v) is 27.4. The summed E-state index contributed by atoms with van der Waals surface area (Å²) in [5.41, 5.74) is -0.474. The number of sulfonamides is 1. The van der Waals surface area contributed by atoms with E-state index >= 15 is 0 Å². The third-order valence-corrected chi connectivity index (χ3v) is 10.0. The van der Waals surface area contributed by atoms with E-state index in [1.165, 1.54) is 24.0 Å². The van der Waals surface area contributed by atoms with Crippen molar-refractivity contribution >= 4 is 27.9 Å². The number of nitrogens with zero attached hydrogens (tertiary/aromatic N) is 4. The van der Waals surface area contributed by atoms with Gasteiger partial charge in [-0.2, -0.15) is 17.5 Å². The first-order valence-electron chi connectivity index (χ1n) is 14.6. The summed E-state index contributed by atoms with van der Waals surface area (Å²) in [6.07, 6.45) is -6.23. The van der Waals surface area contributed by atoms with E-state index in [4.69, 9.17) is 18.9 Å². The number of anilines is 1. The van der Waals surface area contributed by atoms with Gasteiger partial charge in [-0.05, 0) is 57.1 Å². The van der Waals surface area contributed by atoms with Gasteiger partial charge in [0.1, 0.15) is 0 Å². The maximum absolute atomic E-state index is 14.1. The van der Waals surface area contributed by atoms with Crippen LogP contribution in [0.5, 0.6) is 11.5 Å². The van der Waals surface area contributed by atoms with Gasteiger partial charge in [-0.3, -0.25) is 9.80 Å². The molecule has 2 aliphatic heterocycles. The molecule has 12 nitrogen and oxygen atoms in total. The van der Waals surface area contributed by atoms with Crippen LogP contribution in [-0.2, 0) is 32.2 Å². The first-order valence-corrected chi connectivity index (χ1v) is 16.1. The summed E-state index contributed by atoms with van der Waals surface area (Å²) in [6, 6.07) is 4.37. The molecule has 0 saturated carbocycles. The molecule has 2 aromatic rings. The number of rotatable bonds is 8. The van der Waals surface area contributed by atoms with Gasteiger partial charge >= 0.3 is 18.4 Å². The molecule has 0 radical (unpaired) electrons. The first-order chi connectivity index (χ1) is 21.7. The Balaban J connectivity index is 1.84. The Labute approximate surface area is 266 Å². The van der Waals surface area contributed by atoms with Crippen LogP contribution >= 0.6 is 0 Å². The van der Waals surface area contributed by atoms with Crippen LogP contribution in [0.15, 0.2) is 35.2 Å². The first kappa shape index (κ1) is 35.1. The number of amides is 2. The molecule has 2 heterocycles. The molecule has 2 amide bonds. The number of piperazine rings is 1. The maximum atomic E-state index is 14.1. The molecule has 4 rings (SSSR count). The van der Waals surface area contributed by atoms with Crippen molar-refractivity contribution in [1.29, 1.82) is 0 Å². The van der Waals surface area contributed by atoms with Gasteiger partial charge in [-0.15, -0.1) is 0 Å². The predicted molar refractivity (Wildman–Crippen MR) is 162 cm³/mol. The van der Waals surface area contributed by atoms with Crippen molar-refractivity contribution in [1.82, 2.24) is 14.1 Å². The number of ether oxygens (including phenoxy) is 4. The van der Waals surface area contributed by atoms with E-state index in [1.54, 1.807) is 26.0 Å². The lowest BCUT2D eigenvalue weighted by Gasteiger charge is -2.42. The average Bonchev–Trinajstić information content (AvgIpc) is 3.02. The monoisotopic (exact) mass is 672 g/mol. The number of likely N-dealkylation sites (N-methyl/N-ethyl adjacent to an activating group) is 1. The highest BCUT2D eigenvalue weighted by molar-refractivity contribution is 7.89. The summed E-state index contributed by atoms with van der Waals surface area (Å²) in [5, 5.41) is 0. The Bertz CT molecular complexity index is 1550. The number of carbonyl (C=O) groups is 2. The number of halogens is 3. The van der Waals surface area contributed by atoms with Crippen molar-refractivity contribution in [3.63, 3.8) is 0 Å². The molecule has 0 bridgehead atoms. The fraction of sp³-hybridized carbons (Fsp3) is 0.533. The summed E-state index contributed by atoms with van der Waals surface area (Å²) in [5.74, 6) is 0.582. The van der Waals surface area contributed by atoms with Crippen LogP contribution in [0.3, 0.4) is 0 Å². The minimum absolute atomic E-state index is 0.0737. The number of fused-ring (bicyclic) bond motifs is 1. The minimum atomic E-state index is -4.87. The number of benzene rings is 2. The largest absolute Gasteiger partial charge is 0.493 e. The van der Waals surface area contributed by atoms with Crippen LogP contribution in [0.1, 0.15) is 43.0 Å². The second kappa shape index (κ2) is 13.9. The van der Waals surface area contributed by atoms with Gasteiger partial charge in [0.25, 0.3) is 0 Å². The zero-order valence-electron chi connectivity index (χ0n) is 26.6. The normalized spacial score (nSPS) is 19.3. The molecule has 2 atom stereocenters. The zero-order chi connectivity index (χ0) is 34.0. The van der Waals surface area contributed by atoms with E-state index in [0.29, 0.717) is 36.2 Å². The molecule has 0 aliphatic carbocycles. The summed E-state index contributed by atoms with van der Waals surface area (Å²) in [7, 11) is 1.51. The van der Waals surface area contributed by atoms with E-state index in [-0.39, 0.29) is 37.4 Å². The van der Waals surface area contributed by atoms with E-state index in [1.807, 2.05) is 11.9 Å². The lowest BCUT2D eigenvalue weighted by molar-refractivity contribution is -0.137. The van der Waals surface area contributed by atoms with Gasteiger partial charge in [-0.1, -0.05) is 0 Å². The second-order valence-electron chi connectivity index (χ2n) is 11.1. The molecular formula is C30H39F3N4O8S. The van der Waals surface area contributed by atoms with Crippen molar-refractivity contribution in [3.05, 3.63) is 47.0 Å². The Morgan fingerprint density at radius 3 is 2.17 bits per heavy atom. The highest BCUT2D eigenvalue weighted by Gasteiger charge is 2.41. The molecule has 0 unspecified atom stereocenters. The number of carbonyl (C=O) groups excluding carboxylic acids is 2. The van der Waals surface area contributed by atoms with Gasteiger partial charge in [0, 0.05) is 50.4 Å². The number of methoxy groups -OCH3 is 3. The van der Waals surface area contributed by atoms with Crippen molar-refractivity contribution in [2.24, 2.45) is 0 Å². The molecular weight excluding hydrogens is 633 g/mol. The third-order valence-electron chi connectivity index (χ3n) is 8.15. The van der Waals surface area contributed by atoms with Crippen molar-refractivity contribution in [2.75, 3.05) is 66.1 Å². The molecule has 1 fully saturated rings. The molecule has 0 aromatic heterocycles. The standard InChI is InChI=1S/C30H39F3N4O8S/c1-7-45-29(39)37-19(2)12-24(23-16-26(42-4)27(43-5)17-25(23)37)36(28(38)44-6)18-20-13-21(30(31,32)33)15-22(14-20)46(40,41)35-10-8-34(3)9-11-35/h13-17,19,24H,7-12,18H2,1-6H3/t19-,24+/m1/s1. The Morgan fingerprint density at radius 2 is 1.61 bits per heavy atom. The molecule has 2 aliphatic rings. The van der Waals surface area contributed by atoms with Gasteiger partial charge in [0.05, 0.1) is 50.1 Å². The van der Waals surface area contributed by atoms with Crippen LogP contribution in [0.2, 0.25) is 0 Å². The Kier molecular flexibility index (Phi) is 10.6. The fourth-order valence-electron chi connectivity index (χ4n) is 5.78. The maximum Gasteiger partial charge on any atom is 0.416 e. The summed E-state index contributed by atoms with van der Waals surface area (Å²) in [4.78, 5) is 30.4. The summed E-state index contributed by atoms with van der Waals surface area (Å²) < 4.78 is 92.0. The third kappa shape index (κ3) is 7.13. The van der Waals surface area contributed by atoms with E-state index < -0.39 is 57.5 Å². The second-order valence-corrected chi connectivity index (χ2v) is 13.0. The van der Waals surface area contributed by atoms with Crippen molar-refractivity contribution in [3.8, 4) is 11.5 Å². The molecule has 16 heteroatoms. The molecule has 1 saturated heterocycles. The summed E-state index contributed by atoms with van der Waals surface area (Å²) in [6.45, 7) is 4.18. The van der Waals surface area contributed by atoms with Gasteiger partial charge < -0.3 is 23.8 Å². The van der Waals surface area contributed by atoms with E-state index in [0.717, 1.165) is 23.5 Å². The van der Waals surface area contributed by atoms with E-state index in [9.17, 15) is 31.2 Å². The van der Waals surface area contributed by atoms with Crippen LogP contribution in [0.25, 0.3) is 0 Å². The quantitative estimate of drug-likeness (QED) is 0.393. The van der Waals surface area contributed by atoms with E-state index in [2.05, 4.69) is 0 Å². The molecule has 254 valence electrons. The van der Waals surface area contributed by atoms with Gasteiger partial charge in [0.2, 0.25) is 10.0 Å². The van der Waals surface area contributed by atoms with Gasteiger partial charge in [0.15, 0.2) is 11.5 Å². The van der Waals surface area contributed by atoms with Crippen LogP contribution < -0.4 is 14.4 Å². The SMILES string of the molecule is CCOC(=O)N1c2cc(OC)c(OC)cc2[C@@H](N(Cc2cc(C(F)(F)F)cc(S(=O)(=O)N3CCN(C)CC3)c2)C(=O)OC)C[C@H]1C. The highest BCUT2D eigenvalue weighted by atomic mass is 32.2. The van der Waals surface area contributed by atoms with Crippen LogP contribution in [0.4, 0.5) is 28.4 Å². The topological polar surface area (TPSA) is 118 Å². The van der Waals surface area contributed by atoms with Gasteiger partial charge in [-0.25, -0.2) is 18.0 Å². The van der Waals surface area contributed by atoms with Crippen molar-refractivity contribution < 1.29 is 50.1 Å². The molecule has 46 heavy (non-hydrogen) atoms.